The largest absolute Gasteiger partial charge is 0.394 e. The topological polar surface area (TPSA) is 149 Å². The molecule has 1 rings (SSSR count). The molecule has 7 unspecified atom stereocenters. The minimum atomic E-state index is -1.55. The molecule has 49 heavy (non-hydrogen) atoms. The fraction of sp³-hybridized carbons (Fsp3) is 0.975. The van der Waals surface area contributed by atoms with Crippen molar-refractivity contribution in [2.24, 2.45) is 0 Å². The normalized spacial score (nSPS) is 22.3. The summed E-state index contributed by atoms with van der Waals surface area (Å²) in [5.41, 5.74) is 0. The first kappa shape index (κ1) is 46.2. The van der Waals surface area contributed by atoms with E-state index in [0.717, 1.165) is 38.5 Å². The molecule has 1 heterocycles. The van der Waals surface area contributed by atoms with Gasteiger partial charge in [-0.1, -0.05) is 174 Å². The number of hydrogen-bond donors (Lipinski definition) is 6. The van der Waals surface area contributed by atoms with Crippen LogP contribution in [0.15, 0.2) is 0 Å². The number of rotatable bonds is 34. The number of hydrogen-bond acceptors (Lipinski definition) is 8. The Kier molecular flexibility index (Phi) is 30.1. The molecule has 1 aliphatic rings. The highest BCUT2D eigenvalue weighted by molar-refractivity contribution is 5.76. The number of carbonyl (C=O) groups excluding carboxylic acids is 1. The Morgan fingerprint density at radius 1 is 0.612 bits per heavy atom. The molecule has 0 aromatic rings. The highest BCUT2D eigenvalue weighted by Crippen LogP contribution is 2.23. The molecule has 0 spiro atoms. The van der Waals surface area contributed by atoms with Gasteiger partial charge in [-0.3, -0.25) is 4.79 Å². The number of unbranched alkanes of at least 4 members (excludes halogenated alkanes) is 24. The maximum absolute atomic E-state index is 12.9. The fourth-order valence-corrected chi connectivity index (χ4v) is 6.81. The predicted octanol–water partition coefficient (Wildman–Crippen LogP) is 7.61. The van der Waals surface area contributed by atoms with Crippen LogP contribution in [-0.2, 0) is 14.3 Å². The van der Waals surface area contributed by atoms with Crippen LogP contribution in [0.3, 0.4) is 0 Å². The van der Waals surface area contributed by atoms with Gasteiger partial charge < -0.3 is 40.3 Å². The highest BCUT2D eigenvalue weighted by atomic mass is 16.7. The minimum Gasteiger partial charge on any atom is -0.394 e. The number of aliphatic hydroxyl groups is 5. The van der Waals surface area contributed by atoms with Crippen molar-refractivity contribution in [1.29, 1.82) is 0 Å². The Morgan fingerprint density at radius 2 is 1.02 bits per heavy atom. The average Bonchev–Trinajstić information content (AvgIpc) is 3.10. The SMILES string of the molecule is CCCCCCCCCCCCCCCCCCCCC(=O)NC(COC1OC(CO)C(O)C(O)C1O)C(O)CCCCCCCCCC. The molecule has 7 atom stereocenters. The van der Waals surface area contributed by atoms with Crippen LogP contribution in [0.5, 0.6) is 0 Å². The molecule has 0 bridgehead atoms. The molecule has 9 heteroatoms. The maximum Gasteiger partial charge on any atom is 0.220 e. The summed E-state index contributed by atoms with van der Waals surface area (Å²) in [5.74, 6) is -0.145. The first-order valence-corrected chi connectivity index (χ1v) is 20.7. The summed E-state index contributed by atoms with van der Waals surface area (Å²) in [6.07, 6.45) is 25.5. The van der Waals surface area contributed by atoms with Crippen molar-refractivity contribution in [3.63, 3.8) is 0 Å². The van der Waals surface area contributed by atoms with Gasteiger partial charge in [0.05, 0.1) is 25.4 Å². The zero-order valence-corrected chi connectivity index (χ0v) is 31.7. The predicted molar refractivity (Wildman–Crippen MR) is 198 cm³/mol. The van der Waals surface area contributed by atoms with E-state index in [1.54, 1.807) is 0 Å². The van der Waals surface area contributed by atoms with E-state index in [2.05, 4.69) is 19.2 Å². The molecule has 1 aliphatic heterocycles. The first-order chi connectivity index (χ1) is 23.8. The molecule has 9 nitrogen and oxygen atoms in total. The second-order valence-corrected chi connectivity index (χ2v) is 14.8. The van der Waals surface area contributed by atoms with Crippen molar-refractivity contribution >= 4 is 5.91 Å². The van der Waals surface area contributed by atoms with Crippen molar-refractivity contribution in [2.45, 2.75) is 236 Å². The molecule has 1 fully saturated rings. The van der Waals surface area contributed by atoms with E-state index in [9.17, 15) is 30.3 Å². The maximum atomic E-state index is 12.9. The van der Waals surface area contributed by atoms with Crippen LogP contribution in [0.4, 0.5) is 0 Å². The standard InChI is InChI=1S/C40H79NO8/c1-3-5-7-9-11-13-14-15-16-17-18-19-20-21-22-24-26-28-30-36(44)41-33(34(43)29-27-25-23-12-10-8-6-4-2)32-48-40-39(47)38(46)37(45)35(31-42)49-40/h33-35,37-40,42-43,45-47H,3-32H2,1-2H3,(H,41,44). The smallest absolute Gasteiger partial charge is 0.220 e. The Balaban J connectivity index is 2.29. The number of nitrogens with one attached hydrogen (secondary N) is 1. The summed E-state index contributed by atoms with van der Waals surface area (Å²) in [6, 6.07) is -0.708. The first-order valence-electron chi connectivity index (χ1n) is 20.7. The van der Waals surface area contributed by atoms with Crippen molar-refractivity contribution in [1.82, 2.24) is 5.32 Å². The molecule has 292 valence electrons. The summed E-state index contributed by atoms with van der Waals surface area (Å²) >= 11 is 0. The number of carbonyl (C=O) groups is 1. The van der Waals surface area contributed by atoms with Gasteiger partial charge in [-0.05, 0) is 12.8 Å². The summed E-state index contributed by atoms with van der Waals surface area (Å²) in [6.45, 7) is 3.80. The second-order valence-electron chi connectivity index (χ2n) is 14.8. The fourth-order valence-electron chi connectivity index (χ4n) is 6.81. The molecular weight excluding hydrogens is 622 g/mol. The van der Waals surface area contributed by atoms with Gasteiger partial charge >= 0.3 is 0 Å². The Hall–Kier alpha value is -0.810. The van der Waals surface area contributed by atoms with Gasteiger partial charge in [0.2, 0.25) is 5.91 Å². The zero-order chi connectivity index (χ0) is 36.0. The van der Waals surface area contributed by atoms with Crippen LogP contribution in [0.2, 0.25) is 0 Å². The lowest BCUT2D eigenvalue weighted by atomic mass is 9.99. The number of amides is 1. The quantitative estimate of drug-likeness (QED) is 0.0376. The number of ether oxygens (including phenoxy) is 2. The van der Waals surface area contributed by atoms with Crippen LogP contribution in [0.25, 0.3) is 0 Å². The van der Waals surface area contributed by atoms with E-state index >= 15 is 0 Å². The Labute approximate surface area is 300 Å². The van der Waals surface area contributed by atoms with Crippen LogP contribution in [0, 0.1) is 0 Å². The zero-order valence-electron chi connectivity index (χ0n) is 31.7. The Morgan fingerprint density at radius 3 is 1.45 bits per heavy atom. The second kappa shape index (κ2) is 31.9. The summed E-state index contributed by atoms with van der Waals surface area (Å²) < 4.78 is 11.2. The lowest BCUT2D eigenvalue weighted by molar-refractivity contribution is -0.302. The van der Waals surface area contributed by atoms with Crippen molar-refractivity contribution in [3.8, 4) is 0 Å². The van der Waals surface area contributed by atoms with E-state index in [4.69, 9.17) is 9.47 Å². The van der Waals surface area contributed by atoms with E-state index in [1.165, 1.54) is 128 Å². The van der Waals surface area contributed by atoms with Crippen LogP contribution in [0.1, 0.15) is 194 Å². The molecule has 0 aliphatic carbocycles. The summed E-state index contributed by atoms with van der Waals surface area (Å²) in [7, 11) is 0. The van der Waals surface area contributed by atoms with Gasteiger partial charge in [-0.25, -0.2) is 0 Å². The molecule has 0 aromatic heterocycles. The lowest BCUT2D eigenvalue weighted by Crippen LogP contribution is -2.60. The van der Waals surface area contributed by atoms with Crippen molar-refractivity contribution in [2.75, 3.05) is 13.2 Å². The monoisotopic (exact) mass is 702 g/mol. The van der Waals surface area contributed by atoms with E-state index in [0.29, 0.717) is 12.8 Å². The third-order valence-corrected chi connectivity index (χ3v) is 10.2. The van der Waals surface area contributed by atoms with Crippen LogP contribution >= 0.6 is 0 Å². The molecule has 1 amide bonds. The summed E-state index contributed by atoms with van der Waals surface area (Å²) in [5, 5.41) is 54.0. The van der Waals surface area contributed by atoms with Gasteiger partial charge in [0.15, 0.2) is 6.29 Å². The average molecular weight is 702 g/mol. The van der Waals surface area contributed by atoms with Crippen molar-refractivity contribution in [3.05, 3.63) is 0 Å². The van der Waals surface area contributed by atoms with Gasteiger partial charge in [0.25, 0.3) is 0 Å². The lowest BCUT2D eigenvalue weighted by Gasteiger charge is -2.40. The third kappa shape index (κ3) is 23.4. The van der Waals surface area contributed by atoms with Gasteiger partial charge in [0, 0.05) is 6.42 Å². The highest BCUT2D eigenvalue weighted by Gasteiger charge is 2.44. The van der Waals surface area contributed by atoms with Gasteiger partial charge in [-0.15, -0.1) is 0 Å². The molecular formula is C40H79NO8. The molecule has 0 radical (unpaired) electrons. The van der Waals surface area contributed by atoms with Gasteiger partial charge in [-0.2, -0.15) is 0 Å². The minimum absolute atomic E-state index is 0.133. The van der Waals surface area contributed by atoms with Crippen molar-refractivity contribution < 1.29 is 39.8 Å². The summed E-state index contributed by atoms with van der Waals surface area (Å²) in [4.78, 5) is 12.9. The molecule has 1 saturated heterocycles. The molecule has 6 N–H and O–H groups in total. The molecule has 0 aromatic carbocycles. The van der Waals surface area contributed by atoms with E-state index < -0.39 is 49.5 Å². The van der Waals surface area contributed by atoms with Gasteiger partial charge in [0.1, 0.15) is 24.4 Å². The van der Waals surface area contributed by atoms with E-state index in [1.807, 2.05) is 0 Å². The Bertz CT molecular complexity index is 741. The van der Waals surface area contributed by atoms with E-state index in [-0.39, 0.29) is 12.5 Å². The number of aliphatic hydroxyl groups excluding tert-OH is 5. The van der Waals surface area contributed by atoms with Crippen LogP contribution < -0.4 is 5.32 Å². The van der Waals surface area contributed by atoms with Crippen LogP contribution in [-0.4, -0.2) is 87.5 Å². The molecule has 0 saturated carbocycles. The third-order valence-electron chi connectivity index (χ3n) is 10.2.